The summed E-state index contributed by atoms with van der Waals surface area (Å²) in [4.78, 5) is 4.11. The van der Waals surface area contributed by atoms with Gasteiger partial charge in [-0.15, -0.1) is 0 Å². The molecule has 1 N–H and O–H groups in total. The van der Waals surface area contributed by atoms with E-state index < -0.39 is 0 Å². The number of hydrogen-bond acceptors (Lipinski definition) is 4. The van der Waals surface area contributed by atoms with Gasteiger partial charge in [0.25, 0.3) is 0 Å². The smallest absolute Gasteiger partial charge is 0.163 e. The maximum Gasteiger partial charge on any atom is 0.163 e. The number of rotatable bonds is 4. The first-order valence-electron chi connectivity index (χ1n) is 6.94. The monoisotopic (exact) mass is 270 g/mol. The van der Waals surface area contributed by atoms with Crippen LogP contribution in [0.2, 0.25) is 0 Å². The Bertz CT molecular complexity index is 558. The van der Waals surface area contributed by atoms with Crippen LogP contribution in [0, 0.1) is 0 Å². The third kappa shape index (κ3) is 3.20. The van der Waals surface area contributed by atoms with Gasteiger partial charge in [-0.25, -0.2) is 0 Å². The van der Waals surface area contributed by atoms with E-state index in [1.165, 1.54) is 5.56 Å². The summed E-state index contributed by atoms with van der Waals surface area (Å²) >= 11 is 0. The summed E-state index contributed by atoms with van der Waals surface area (Å²) in [5.74, 6) is 1.66. The molecule has 0 radical (unpaired) electrons. The molecule has 0 aliphatic carbocycles. The second-order valence-electron chi connectivity index (χ2n) is 4.75. The van der Waals surface area contributed by atoms with Crippen LogP contribution >= 0.6 is 0 Å². The molecule has 1 aromatic carbocycles. The van der Waals surface area contributed by atoms with Crippen molar-refractivity contribution in [2.75, 3.05) is 25.1 Å². The molecule has 0 fully saturated rings. The summed E-state index contributed by atoms with van der Waals surface area (Å²) in [5, 5.41) is 3.40. The number of fused-ring (bicyclic) bond motifs is 1. The zero-order chi connectivity index (χ0) is 13.6. The summed E-state index contributed by atoms with van der Waals surface area (Å²) in [6.07, 6.45) is 5.57. The van der Waals surface area contributed by atoms with E-state index in [9.17, 15) is 0 Å². The van der Waals surface area contributed by atoms with E-state index in [-0.39, 0.29) is 0 Å². The van der Waals surface area contributed by atoms with Crippen molar-refractivity contribution >= 4 is 5.69 Å². The molecule has 1 aliphatic heterocycles. The van der Waals surface area contributed by atoms with Gasteiger partial charge in [-0.2, -0.15) is 0 Å². The molecular formula is C16H18N2O2. The van der Waals surface area contributed by atoms with Gasteiger partial charge in [0.2, 0.25) is 0 Å². The van der Waals surface area contributed by atoms with Crippen LogP contribution in [-0.4, -0.2) is 24.7 Å². The van der Waals surface area contributed by atoms with Crippen LogP contribution in [0.25, 0.3) is 0 Å². The van der Waals surface area contributed by atoms with Gasteiger partial charge >= 0.3 is 0 Å². The van der Waals surface area contributed by atoms with Crippen LogP contribution in [-0.2, 0) is 6.42 Å². The Morgan fingerprint density at radius 3 is 2.85 bits per heavy atom. The molecule has 0 saturated heterocycles. The van der Waals surface area contributed by atoms with E-state index in [4.69, 9.17) is 9.47 Å². The van der Waals surface area contributed by atoms with Crippen molar-refractivity contribution in [3.05, 3.63) is 48.3 Å². The molecule has 4 heteroatoms. The predicted octanol–water partition coefficient (Wildman–Crippen LogP) is 2.90. The first-order chi connectivity index (χ1) is 9.92. The van der Waals surface area contributed by atoms with Gasteiger partial charge in [0.15, 0.2) is 11.5 Å². The topological polar surface area (TPSA) is 43.4 Å². The normalized spacial score (nSPS) is 13.6. The highest BCUT2D eigenvalue weighted by atomic mass is 16.5. The summed E-state index contributed by atoms with van der Waals surface area (Å²) in [7, 11) is 0. The van der Waals surface area contributed by atoms with Gasteiger partial charge in [0.05, 0.1) is 13.2 Å². The van der Waals surface area contributed by atoms with Gasteiger partial charge in [0.1, 0.15) is 0 Å². The van der Waals surface area contributed by atoms with E-state index in [1.54, 1.807) is 6.20 Å². The standard InChI is InChI=1S/C16H18N2O2/c1-3-13(12-17-7-1)6-8-18-14-4-5-15-16(11-14)20-10-2-9-19-15/h1,3-5,7,11-12,18H,2,6,8-10H2. The lowest BCUT2D eigenvalue weighted by atomic mass is 10.2. The van der Waals surface area contributed by atoms with Crippen LogP contribution in [0.1, 0.15) is 12.0 Å². The Morgan fingerprint density at radius 1 is 1.10 bits per heavy atom. The van der Waals surface area contributed by atoms with Crippen LogP contribution in [0.15, 0.2) is 42.7 Å². The summed E-state index contributed by atoms with van der Waals surface area (Å²) in [5.41, 5.74) is 2.28. The minimum absolute atomic E-state index is 0.714. The first kappa shape index (κ1) is 12.8. The van der Waals surface area contributed by atoms with Crippen molar-refractivity contribution in [1.29, 1.82) is 0 Å². The maximum atomic E-state index is 5.68. The zero-order valence-electron chi connectivity index (χ0n) is 11.3. The molecule has 2 heterocycles. The summed E-state index contributed by atoms with van der Waals surface area (Å²) in [6.45, 7) is 2.30. The molecule has 0 atom stereocenters. The molecule has 0 unspecified atom stereocenters. The molecule has 0 saturated carbocycles. The van der Waals surface area contributed by atoms with Crippen molar-refractivity contribution in [3.8, 4) is 11.5 Å². The molecule has 20 heavy (non-hydrogen) atoms. The third-order valence-electron chi connectivity index (χ3n) is 3.21. The van der Waals surface area contributed by atoms with Gasteiger partial charge in [-0.1, -0.05) is 6.07 Å². The fraction of sp³-hybridized carbons (Fsp3) is 0.312. The molecule has 2 aromatic rings. The van der Waals surface area contributed by atoms with Crippen molar-refractivity contribution in [2.45, 2.75) is 12.8 Å². The number of hydrogen-bond donors (Lipinski definition) is 1. The van der Waals surface area contributed by atoms with Crippen molar-refractivity contribution in [1.82, 2.24) is 4.98 Å². The molecule has 1 aromatic heterocycles. The Labute approximate surface area is 118 Å². The highest BCUT2D eigenvalue weighted by molar-refractivity contribution is 5.55. The number of nitrogens with zero attached hydrogens (tertiary/aromatic N) is 1. The fourth-order valence-corrected chi connectivity index (χ4v) is 2.17. The van der Waals surface area contributed by atoms with Gasteiger partial charge in [-0.05, 0) is 30.2 Å². The van der Waals surface area contributed by atoms with Crippen LogP contribution in [0.4, 0.5) is 5.69 Å². The third-order valence-corrected chi connectivity index (χ3v) is 3.21. The highest BCUT2D eigenvalue weighted by Crippen LogP contribution is 2.32. The average molecular weight is 270 g/mol. The van der Waals surface area contributed by atoms with E-state index in [1.807, 2.05) is 30.5 Å². The highest BCUT2D eigenvalue weighted by Gasteiger charge is 2.10. The van der Waals surface area contributed by atoms with Crippen molar-refractivity contribution in [2.24, 2.45) is 0 Å². The molecule has 1 aliphatic rings. The van der Waals surface area contributed by atoms with Crippen LogP contribution in [0.5, 0.6) is 11.5 Å². The molecular weight excluding hydrogens is 252 g/mol. The number of benzene rings is 1. The number of ether oxygens (including phenoxy) is 2. The van der Waals surface area contributed by atoms with Gasteiger partial charge < -0.3 is 14.8 Å². The predicted molar refractivity (Wildman–Crippen MR) is 78.5 cm³/mol. The maximum absolute atomic E-state index is 5.68. The van der Waals surface area contributed by atoms with Crippen LogP contribution < -0.4 is 14.8 Å². The summed E-state index contributed by atoms with van der Waals surface area (Å²) in [6, 6.07) is 10.0. The van der Waals surface area contributed by atoms with E-state index in [0.717, 1.165) is 43.2 Å². The lowest BCUT2D eigenvalue weighted by Gasteiger charge is -2.11. The minimum Gasteiger partial charge on any atom is -0.490 e. The Hall–Kier alpha value is -2.23. The molecule has 0 amide bonds. The van der Waals surface area contributed by atoms with Crippen molar-refractivity contribution in [3.63, 3.8) is 0 Å². The lowest BCUT2D eigenvalue weighted by Crippen LogP contribution is -2.05. The Kier molecular flexibility index (Phi) is 4.01. The SMILES string of the molecule is c1cncc(CCNc2ccc3c(c2)OCCCO3)c1. The molecule has 0 bridgehead atoms. The number of aromatic nitrogens is 1. The minimum atomic E-state index is 0.714. The van der Waals surface area contributed by atoms with Gasteiger partial charge in [-0.3, -0.25) is 4.98 Å². The fourth-order valence-electron chi connectivity index (χ4n) is 2.17. The van der Waals surface area contributed by atoms with Crippen molar-refractivity contribution < 1.29 is 9.47 Å². The number of nitrogens with one attached hydrogen (secondary N) is 1. The molecule has 0 spiro atoms. The Morgan fingerprint density at radius 2 is 2.00 bits per heavy atom. The largest absolute Gasteiger partial charge is 0.490 e. The number of pyridine rings is 1. The Balaban J connectivity index is 1.59. The van der Waals surface area contributed by atoms with E-state index in [2.05, 4.69) is 16.4 Å². The zero-order valence-corrected chi connectivity index (χ0v) is 11.3. The second kappa shape index (κ2) is 6.28. The lowest BCUT2D eigenvalue weighted by molar-refractivity contribution is 0.297. The average Bonchev–Trinajstić information content (AvgIpc) is 2.73. The molecule has 4 nitrogen and oxygen atoms in total. The molecule has 104 valence electrons. The number of anilines is 1. The molecule has 3 rings (SSSR count). The van der Waals surface area contributed by atoms with E-state index >= 15 is 0 Å². The van der Waals surface area contributed by atoms with Gasteiger partial charge in [0, 0.05) is 37.1 Å². The van der Waals surface area contributed by atoms with Crippen LogP contribution in [0.3, 0.4) is 0 Å². The summed E-state index contributed by atoms with van der Waals surface area (Å²) < 4.78 is 11.3. The first-order valence-corrected chi connectivity index (χ1v) is 6.94. The quantitative estimate of drug-likeness (QED) is 0.927. The second-order valence-corrected chi connectivity index (χ2v) is 4.75. The van der Waals surface area contributed by atoms with E-state index in [0.29, 0.717) is 6.61 Å².